The molecule has 5 nitrogen and oxygen atoms in total. The van der Waals surface area contributed by atoms with Gasteiger partial charge in [0.15, 0.2) is 5.75 Å². The van der Waals surface area contributed by atoms with Gasteiger partial charge in [0, 0.05) is 28.9 Å². The van der Waals surface area contributed by atoms with E-state index in [4.69, 9.17) is 16.3 Å². The van der Waals surface area contributed by atoms with Crippen LogP contribution in [0.5, 0.6) is 5.75 Å². The van der Waals surface area contributed by atoms with Crippen LogP contribution in [0.2, 0.25) is 5.02 Å². The molecule has 0 spiro atoms. The largest absolute Gasteiger partial charge is 0.482 e. The van der Waals surface area contributed by atoms with E-state index in [0.717, 1.165) is 6.20 Å². The molecule has 0 atom stereocenters. The second-order valence-electron chi connectivity index (χ2n) is 3.67. The maximum absolute atomic E-state index is 12.9. The molecule has 0 saturated heterocycles. The third-order valence-corrected chi connectivity index (χ3v) is 2.51. The summed E-state index contributed by atoms with van der Waals surface area (Å²) in [5.74, 6) is -0.469. The van der Waals surface area contributed by atoms with Crippen LogP contribution in [0.3, 0.4) is 0 Å². The van der Waals surface area contributed by atoms with Crippen molar-refractivity contribution >= 4 is 17.3 Å². The van der Waals surface area contributed by atoms with Crippen molar-refractivity contribution in [2.45, 2.75) is 6.61 Å². The maximum atomic E-state index is 12.9. The first-order chi connectivity index (χ1) is 9.06. The summed E-state index contributed by atoms with van der Waals surface area (Å²) in [4.78, 5) is 13.9. The van der Waals surface area contributed by atoms with Crippen molar-refractivity contribution in [2.24, 2.45) is 0 Å². The van der Waals surface area contributed by atoms with Gasteiger partial charge < -0.3 is 4.74 Å². The topological polar surface area (TPSA) is 65.3 Å². The van der Waals surface area contributed by atoms with Crippen molar-refractivity contribution in [1.82, 2.24) is 4.98 Å². The van der Waals surface area contributed by atoms with Crippen molar-refractivity contribution in [1.29, 1.82) is 0 Å². The van der Waals surface area contributed by atoms with Crippen LogP contribution in [-0.2, 0) is 6.61 Å². The number of pyridine rings is 1. The fourth-order valence-corrected chi connectivity index (χ4v) is 1.61. The minimum atomic E-state index is -0.574. The van der Waals surface area contributed by atoms with E-state index in [2.05, 4.69) is 4.98 Å². The first kappa shape index (κ1) is 13.2. The van der Waals surface area contributed by atoms with Gasteiger partial charge in [-0.15, -0.1) is 0 Å². The molecule has 0 saturated carbocycles. The average Bonchev–Trinajstić information content (AvgIpc) is 2.36. The monoisotopic (exact) mass is 282 g/mol. The number of aromatic nitrogens is 1. The van der Waals surface area contributed by atoms with Crippen LogP contribution in [-0.4, -0.2) is 9.91 Å². The number of halogens is 2. The summed E-state index contributed by atoms with van der Waals surface area (Å²) < 4.78 is 18.2. The summed E-state index contributed by atoms with van der Waals surface area (Å²) in [6, 6.07) is 5.23. The molecule has 2 aromatic rings. The highest BCUT2D eigenvalue weighted by atomic mass is 35.5. The molecular weight excluding hydrogens is 275 g/mol. The zero-order chi connectivity index (χ0) is 13.8. The fraction of sp³-hybridized carbons (Fsp3) is 0.0833. The van der Waals surface area contributed by atoms with Crippen molar-refractivity contribution in [3.8, 4) is 5.75 Å². The van der Waals surface area contributed by atoms with Crippen molar-refractivity contribution in [2.75, 3.05) is 0 Å². The molecule has 0 aliphatic heterocycles. The van der Waals surface area contributed by atoms with Gasteiger partial charge in [-0.1, -0.05) is 11.6 Å². The minimum Gasteiger partial charge on any atom is -0.482 e. The summed E-state index contributed by atoms with van der Waals surface area (Å²) >= 11 is 5.75. The van der Waals surface area contributed by atoms with Gasteiger partial charge in [0.2, 0.25) is 0 Å². The van der Waals surface area contributed by atoms with Gasteiger partial charge in [0.25, 0.3) is 0 Å². The highest BCUT2D eigenvalue weighted by Crippen LogP contribution is 2.30. The summed E-state index contributed by atoms with van der Waals surface area (Å²) in [5, 5.41) is 11.1. The second kappa shape index (κ2) is 5.62. The fourth-order valence-electron chi connectivity index (χ4n) is 1.45. The van der Waals surface area contributed by atoms with Gasteiger partial charge >= 0.3 is 5.69 Å². The Balaban J connectivity index is 2.19. The second-order valence-corrected chi connectivity index (χ2v) is 4.11. The number of nitro groups is 1. The lowest BCUT2D eigenvalue weighted by Gasteiger charge is -2.07. The van der Waals surface area contributed by atoms with Crippen LogP contribution in [0.4, 0.5) is 10.1 Å². The first-order valence-electron chi connectivity index (χ1n) is 5.22. The number of nitrogens with zero attached hydrogens (tertiary/aromatic N) is 2. The number of benzene rings is 1. The highest BCUT2D eigenvalue weighted by Gasteiger charge is 2.15. The predicted molar refractivity (Wildman–Crippen MR) is 66.6 cm³/mol. The molecule has 0 fully saturated rings. The number of hydrogen-bond donors (Lipinski definition) is 0. The van der Waals surface area contributed by atoms with E-state index >= 15 is 0 Å². The van der Waals surface area contributed by atoms with Gasteiger partial charge in [-0.25, -0.2) is 4.39 Å². The van der Waals surface area contributed by atoms with Crippen LogP contribution >= 0.6 is 11.6 Å². The summed E-state index contributed by atoms with van der Waals surface area (Å²) in [5.41, 5.74) is 0.267. The molecular formula is C12H8ClFN2O3. The van der Waals surface area contributed by atoms with E-state index in [0.29, 0.717) is 10.6 Å². The van der Waals surface area contributed by atoms with Gasteiger partial charge in [-0.3, -0.25) is 15.1 Å². The lowest BCUT2D eigenvalue weighted by Crippen LogP contribution is -2.00. The van der Waals surface area contributed by atoms with E-state index in [9.17, 15) is 14.5 Å². The quantitative estimate of drug-likeness (QED) is 0.637. The van der Waals surface area contributed by atoms with E-state index in [1.807, 2.05) is 0 Å². The van der Waals surface area contributed by atoms with Crippen LogP contribution in [0, 0.1) is 15.9 Å². The Labute approximate surface area is 112 Å². The summed E-state index contributed by atoms with van der Waals surface area (Å²) in [7, 11) is 0. The van der Waals surface area contributed by atoms with Gasteiger partial charge in [0.1, 0.15) is 12.4 Å². The Morgan fingerprint density at radius 3 is 2.84 bits per heavy atom. The molecule has 0 radical (unpaired) electrons. The summed E-state index contributed by atoms with van der Waals surface area (Å²) in [6.45, 7) is -0.0358. The molecule has 19 heavy (non-hydrogen) atoms. The molecule has 7 heteroatoms. The first-order valence-corrected chi connectivity index (χ1v) is 5.60. The molecule has 98 valence electrons. The molecule has 0 bridgehead atoms. The number of ether oxygens (including phenoxy) is 1. The Bertz CT molecular complexity index is 622. The molecule has 1 aromatic carbocycles. The van der Waals surface area contributed by atoms with Crippen LogP contribution in [0.1, 0.15) is 5.56 Å². The third kappa shape index (κ3) is 3.38. The molecule has 0 unspecified atom stereocenters. The van der Waals surface area contributed by atoms with Crippen molar-refractivity contribution in [3.05, 3.63) is 63.2 Å². The minimum absolute atomic E-state index is 0.0294. The summed E-state index contributed by atoms with van der Waals surface area (Å²) in [6.07, 6.45) is 2.48. The number of nitro benzene ring substituents is 1. The van der Waals surface area contributed by atoms with Gasteiger partial charge in [0.05, 0.1) is 11.1 Å². The van der Waals surface area contributed by atoms with Crippen molar-refractivity contribution < 1.29 is 14.1 Å². The number of rotatable bonds is 4. The lowest BCUT2D eigenvalue weighted by atomic mass is 10.3. The predicted octanol–water partition coefficient (Wildman–Crippen LogP) is 3.36. The smallest absolute Gasteiger partial charge is 0.311 e. The van der Waals surface area contributed by atoms with E-state index in [1.165, 1.54) is 30.5 Å². The van der Waals surface area contributed by atoms with Crippen LogP contribution in [0.25, 0.3) is 0 Å². The van der Waals surface area contributed by atoms with Gasteiger partial charge in [-0.2, -0.15) is 0 Å². The van der Waals surface area contributed by atoms with Crippen LogP contribution < -0.4 is 4.74 Å². The van der Waals surface area contributed by atoms with E-state index in [1.54, 1.807) is 0 Å². The Kier molecular flexibility index (Phi) is 3.91. The molecule has 1 heterocycles. The Morgan fingerprint density at radius 1 is 1.37 bits per heavy atom. The molecule has 0 aliphatic carbocycles. The average molecular weight is 283 g/mol. The standard InChI is InChI=1S/C12H8ClFN2O3/c13-9-1-2-11(16(17)18)12(4-9)19-7-8-3-10(14)6-15-5-8/h1-6H,7H2. The van der Waals surface area contributed by atoms with Crippen LogP contribution in [0.15, 0.2) is 36.7 Å². The highest BCUT2D eigenvalue weighted by molar-refractivity contribution is 6.30. The van der Waals surface area contributed by atoms with E-state index in [-0.39, 0.29) is 18.0 Å². The molecule has 0 aliphatic rings. The maximum Gasteiger partial charge on any atom is 0.311 e. The molecule has 1 aromatic heterocycles. The Morgan fingerprint density at radius 2 is 2.16 bits per heavy atom. The normalized spacial score (nSPS) is 10.2. The van der Waals surface area contributed by atoms with Crippen molar-refractivity contribution in [3.63, 3.8) is 0 Å². The third-order valence-electron chi connectivity index (χ3n) is 2.27. The molecule has 2 rings (SSSR count). The van der Waals surface area contributed by atoms with Gasteiger partial charge in [-0.05, 0) is 12.1 Å². The zero-order valence-corrected chi connectivity index (χ0v) is 10.3. The molecule has 0 N–H and O–H groups in total. The zero-order valence-electron chi connectivity index (χ0n) is 9.55. The number of hydrogen-bond acceptors (Lipinski definition) is 4. The Hall–Kier alpha value is -2.21. The van der Waals surface area contributed by atoms with E-state index < -0.39 is 10.7 Å². The SMILES string of the molecule is O=[N+]([O-])c1ccc(Cl)cc1OCc1cncc(F)c1. The lowest BCUT2D eigenvalue weighted by molar-refractivity contribution is -0.385. The molecule has 0 amide bonds.